The summed E-state index contributed by atoms with van der Waals surface area (Å²) in [6, 6.07) is 7.00. The molecule has 0 aliphatic rings. The number of hydrogen-bond donors (Lipinski definition) is 1. The first-order valence-electron chi connectivity index (χ1n) is 8.22. The number of imide groups is 1. The Kier molecular flexibility index (Phi) is 7.28. The van der Waals surface area contributed by atoms with Crippen LogP contribution < -0.4 is 5.32 Å². The normalized spacial score (nSPS) is 11.8. The van der Waals surface area contributed by atoms with Gasteiger partial charge in [-0.3, -0.25) is 14.9 Å². The van der Waals surface area contributed by atoms with Gasteiger partial charge < -0.3 is 4.74 Å². The molecule has 1 N–H and O–H groups in total. The number of alkyl halides is 3. The maximum Gasteiger partial charge on any atom is 0.417 e. The minimum absolute atomic E-state index is 0.0167. The summed E-state index contributed by atoms with van der Waals surface area (Å²) < 4.78 is 45.0. The van der Waals surface area contributed by atoms with Crippen LogP contribution in [0.4, 0.5) is 18.0 Å². The molecule has 2 amide bonds. The van der Waals surface area contributed by atoms with Crippen molar-refractivity contribution in [1.29, 1.82) is 0 Å². The molecule has 0 aliphatic carbocycles. The first-order valence-corrected chi connectivity index (χ1v) is 8.97. The molecule has 0 unspecified atom stereocenters. The molecular formula is C20H14Cl2F3NO4. The van der Waals surface area contributed by atoms with Crippen molar-refractivity contribution in [2.45, 2.75) is 13.1 Å². The fourth-order valence-corrected chi connectivity index (χ4v) is 3.06. The van der Waals surface area contributed by atoms with E-state index in [-0.39, 0.29) is 32.3 Å². The van der Waals surface area contributed by atoms with Gasteiger partial charge in [0, 0.05) is 21.2 Å². The number of alkyl carbamates (subject to hydrolysis) is 1. The molecule has 0 bridgehead atoms. The predicted molar refractivity (Wildman–Crippen MR) is 106 cm³/mol. The van der Waals surface area contributed by atoms with Crippen molar-refractivity contribution in [2.24, 2.45) is 0 Å². The summed E-state index contributed by atoms with van der Waals surface area (Å²) in [5.41, 5.74) is -1.34. The number of methoxy groups -OCH3 is 1. The predicted octanol–water partition coefficient (Wildman–Crippen LogP) is 5.63. The van der Waals surface area contributed by atoms with Crippen LogP contribution in [0.1, 0.15) is 31.8 Å². The molecule has 0 fully saturated rings. The van der Waals surface area contributed by atoms with Crippen LogP contribution in [0, 0.1) is 6.92 Å². The highest BCUT2D eigenvalue weighted by molar-refractivity contribution is 6.35. The van der Waals surface area contributed by atoms with Crippen molar-refractivity contribution in [2.75, 3.05) is 7.11 Å². The van der Waals surface area contributed by atoms with Gasteiger partial charge in [-0.1, -0.05) is 29.3 Å². The molecule has 5 nitrogen and oxygen atoms in total. The largest absolute Gasteiger partial charge is 0.453 e. The van der Waals surface area contributed by atoms with Crippen LogP contribution in [0.5, 0.6) is 0 Å². The van der Waals surface area contributed by atoms with Crippen molar-refractivity contribution < 1.29 is 32.3 Å². The van der Waals surface area contributed by atoms with E-state index in [9.17, 15) is 27.6 Å². The fraction of sp³-hybridized carbons (Fsp3) is 0.150. The minimum Gasteiger partial charge on any atom is -0.453 e. The minimum atomic E-state index is -4.85. The smallest absolute Gasteiger partial charge is 0.417 e. The molecule has 0 aromatic heterocycles. The zero-order chi connectivity index (χ0) is 22.6. The first-order chi connectivity index (χ1) is 13.9. The Labute approximate surface area is 179 Å². The van der Waals surface area contributed by atoms with Crippen LogP contribution in [-0.4, -0.2) is 31.1 Å². The van der Waals surface area contributed by atoms with Crippen molar-refractivity contribution in [3.63, 3.8) is 0 Å². The average molecular weight is 460 g/mol. The third kappa shape index (κ3) is 5.84. The van der Waals surface area contributed by atoms with Gasteiger partial charge in [0.25, 0.3) is 5.91 Å². The molecule has 30 heavy (non-hydrogen) atoms. The molecule has 0 saturated carbocycles. The lowest BCUT2D eigenvalue weighted by Crippen LogP contribution is -2.30. The molecule has 0 saturated heterocycles. The zero-order valence-electron chi connectivity index (χ0n) is 15.6. The van der Waals surface area contributed by atoms with Gasteiger partial charge in [-0.25, -0.2) is 4.79 Å². The maximum atomic E-state index is 13.5. The van der Waals surface area contributed by atoms with Crippen LogP contribution in [0.2, 0.25) is 10.0 Å². The molecule has 158 valence electrons. The molecular weight excluding hydrogens is 446 g/mol. The summed E-state index contributed by atoms with van der Waals surface area (Å²) in [5.74, 6) is -1.72. The van der Waals surface area contributed by atoms with Gasteiger partial charge in [0.2, 0.25) is 0 Å². The first kappa shape index (κ1) is 23.4. The lowest BCUT2D eigenvalue weighted by Gasteiger charge is -2.13. The van der Waals surface area contributed by atoms with Gasteiger partial charge in [-0.15, -0.1) is 0 Å². The second-order valence-corrected chi connectivity index (χ2v) is 6.93. The molecule has 0 atom stereocenters. The van der Waals surface area contributed by atoms with E-state index < -0.39 is 29.5 Å². The van der Waals surface area contributed by atoms with E-state index in [4.69, 9.17) is 23.2 Å². The van der Waals surface area contributed by atoms with Gasteiger partial charge in [0.1, 0.15) is 0 Å². The number of rotatable bonds is 4. The SMILES string of the molecule is COC(=O)NC(=O)c1ccc(C(=O)/C=C(\c2cc(Cl)cc(Cl)c2)C(F)(F)F)cc1C. The molecule has 10 heteroatoms. The number of hydrogen-bond acceptors (Lipinski definition) is 4. The Morgan fingerprint density at radius 1 is 1.00 bits per heavy atom. The Bertz CT molecular complexity index is 1030. The third-order valence-electron chi connectivity index (χ3n) is 3.91. The summed E-state index contributed by atoms with van der Waals surface area (Å²) in [7, 11) is 1.08. The average Bonchev–Trinajstić information content (AvgIpc) is 2.63. The zero-order valence-corrected chi connectivity index (χ0v) is 17.1. The van der Waals surface area contributed by atoms with Crippen molar-refractivity contribution >= 4 is 46.6 Å². The number of benzene rings is 2. The number of nitrogens with one attached hydrogen (secondary N) is 1. The van der Waals surface area contributed by atoms with Crippen LogP contribution in [-0.2, 0) is 4.74 Å². The number of amides is 2. The van der Waals surface area contributed by atoms with E-state index in [1.54, 1.807) is 0 Å². The van der Waals surface area contributed by atoms with Crippen LogP contribution in [0.3, 0.4) is 0 Å². The molecule has 2 aromatic rings. The van der Waals surface area contributed by atoms with Gasteiger partial charge in [-0.2, -0.15) is 13.2 Å². The monoisotopic (exact) mass is 459 g/mol. The van der Waals surface area contributed by atoms with Gasteiger partial charge in [-0.05, 0) is 54.5 Å². The Morgan fingerprint density at radius 3 is 2.10 bits per heavy atom. The highest BCUT2D eigenvalue weighted by atomic mass is 35.5. The van der Waals surface area contributed by atoms with E-state index in [0.29, 0.717) is 6.08 Å². The highest BCUT2D eigenvalue weighted by Gasteiger charge is 2.35. The number of carbonyl (C=O) groups excluding carboxylic acids is 3. The van der Waals surface area contributed by atoms with Gasteiger partial charge in [0.05, 0.1) is 12.7 Å². The van der Waals surface area contributed by atoms with Crippen molar-refractivity contribution in [3.05, 3.63) is 74.8 Å². The van der Waals surface area contributed by atoms with Gasteiger partial charge >= 0.3 is 12.3 Å². The number of allylic oxidation sites excluding steroid dienone is 2. The van der Waals surface area contributed by atoms with Crippen molar-refractivity contribution in [3.8, 4) is 0 Å². The lowest BCUT2D eigenvalue weighted by atomic mass is 9.98. The number of ether oxygens (including phenoxy) is 1. The lowest BCUT2D eigenvalue weighted by molar-refractivity contribution is -0.0689. The second kappa shape index (κ2) is 9.32. The molecule has 2 aromatic carbocycles. The van der Waals surface area contributed by atoms with Crippen LogP contribution in [0.25, 0.3) is 5.57 Å². The number of aryl methyl sites for hydroxylation is 1. The number of carbonyl (C=O) groups is 3. The number of halogens is 5. The quantitative estimate of drug-likeness (QED) is 0.475. The molecule has 2 rings (SSSR count). The Morgan fingerprint density at radius 2 is 1.60 bits per heavy atom. The maximum absolute atomic E-state index is 13.5. The van der Waals surface area contributed by atoms with E-state index in [2.05, 4.69) is 4.74 Å². The van der Waals surface area contributed by atoms with Crippen LogP contribution in [0.15, 0.2) is 42.5 Å². The van der Waals surface area contributed by atoms with E-state index >= 15 is 0 Å². The van der Waals surface area contributed by atoms with Crippen molar-refractivity contribution in [1.82, 2.24) is 5.32 Å². The summed E-state index contributed by atoms with van der Waals surface area (Å²) in [5, 5.41) is 1.92. The summed E-state index contributed by atoms with van der Waals surface area (Å²) in [6.07, 6.45) is -5.39. The summed E-state index contributed by atoms with van der Waals surface area (Å²) in [4.78, 5) is 35.6. The van der Waals surface area contributed by atoms with Crippen LogP contribution >= 0.6 is 23.2 Å². The molecule has 0 spiro atoms. The van der Waals surface area contributed by atoms with E-state index in [0.717, 1.165) is 19.2 Å². The standard InChI is InChI=1S/C20H14Cl2F3NO4/c1-10-5-11(3-4-15(10)18(28)26-19(29)30-2)17(27)9-16(20(23,24)25)12-6-13(21)8-14(22)7-12/h3-9H,1-2H3,(H,26,28,29)/b16-9+. The Hall–Kier alpha value is -2.84. The fourth-order valence-electron chi connectivity index (χ4n) is 2.54. The van der Waals surface area contributed by atoms with E-state index in [1.807, 2.05) is 5.32 Å². The molecule has 0 radical (unpaired) electrons. The highest BCUT2D eigenvalue weighted by Crippen LogP contribution is 2.36. The van der Waals surface area contributed by atoms with E-state index in [1.165, 1.54) is 31.2 Å². The Balaban J connectivity index is 2.42. The summed E-state index contributed by atoms with van der Waals surface area (Å²) >= 11 is 11.6. The number of ketones is 1. The molecule has 0 heterocycles. The van der Waals surface area contributed by atoms with Gasteiger partial charge in [0.15, 0.2) is 5.78 Å². The molecule has 0 aliphatic heterocycles. The summed E-state index contributed by atoms with van der Waals surface area (Å²) in [6.45, 7) is 1.47. The topological polar surface area (TPSA) is 72.5 Å². The third-order valence-corrected chi connectivity index (χ3v) is 4.35. The second-order valence-electron chi connectivity index (χ2n) is 6.05.